The Morgan fingerprint density at radius 1 is 1.08 bits per heavy atom. The van der Waals surface area contributed by atoms with Crippen LogP contribution in [0.2, 0.25) is 0 Å². The van der Waals surface area contributed by atoms with E-state index >= 15 is 0 Å². The van der Waals surface area contributed by atoms with Crippen molar-refractivity contribution < 1.29 is 28.6 Å². The number of ether oxygens (including phenoxy) is 3. The predicted molar refractivity (Wildman–Crippen MR) is 133 cm³/mol. The molecule has 0 spiro atoms. The summed E-state index contributed by atoms with van der Waals surface area (Å²) in [7, 11) is 4.72. The van der Waals surface area contributed by atoms with Crippen LogP contribution in [0.1, 0.15) is 37.8 Å². The van der Waals surface area contributed by atoms with Crippen LogP contribution in [0.3, 0.4) is 0 Å². The first-order valence-corrected chi connectivity index (χ1v) is 12.6. The van der Waals surface area contributed by atoms with Crippen LogP contribution in [0.5, 0.6) is 11.5 Å². The molecule has 0 bridgehead atoms. The lowest BCUT2D eigenvalue weighted by molar-refractivity contribution is -0.140. The molecular weight excluding hydrogens is 464 g/mol. The van der Waals surface area contributed by atoms with Gasteiger partial charge in [0.25, 0.3) is 0 Å². The second-order valence-corrected chi connectivity index (χ2v) is 9.33. The number of hydrogen-bond acceptors (Lipinski definition) is 7. The molecular formula is C26H36N4O6. The van der Waals surface area contributed by atoms with Crippen LogP contribution in [0.15, 0.2) is 29.5 Å². The van der Waals surface area contributed by atoms with E-state index in [1.807, 2.05) is 4.90 Å². The summed E-state index contributed by atoms with van der Waals surface area (Å²) in [6.45, 7) is 4.95. The van der Waals surface area contributed by atoms with Crippen molar-refractivity contribution in [1.29, 1.82) is 0 Å². The van der Waals surface area contributed by atoms with Gasteiger partial charge < -0.3 is 24.4 Å². The third kappa shape index (κ3) is 5.00. The standard InChI is InChI=1S/C26H36N4O6/c1-5-36-25(32)21-19(16-29-12-14-30(15-13-29)24(31)17-8-6-9-17)28(2)26(33)27-22(21)18-10-7-11-20(34-3)23(18)35-4/h7,10-11,17,22H,5-6,8-9,12-16H2,1-4H3,(H,27,33)/t22-/m0/s1. The zero-order valence-electron chi connectivity index (χ0n) is 21.5. The van der Waals surface area contributed by atoms with Gasteiger partial charge in [0.15, 0.2) is 11.5 Å². The Kier molecular flexibility index (Phi) is 8.03. The first-order valence-electron chi connectivity index (χ1n) is 12.6. The number of nitrogens with zero attached hydrogens (tertiary/aromatic N) is 3. The number of likely N-dealkylation sites (N-methyl/N-ethyl adjacent to an activating group) is 1. The lowest BCUT2D eigenvalue weighted by Gasteiger charge is -2.41. The van der Waals surface area contributed by atoms with Gasteiger partial charge in [-0.1, -0.05) is 18.6 Å². The molecule has 3 aliphatic rings. The lowest BCUT2D eigenvalue weighted by atomic mass is 9.84. The summed E-state index contributed by atoms with van der Waals surface area (Å²) in [5.41, 5.74) is 1.54. The van der Waals surface area contributed by atoms with E-state index in [2.05, 4.69) is 10.2 Å². The van der Waals surface area contributed by atoms with E-state index in [0.29, 0.717) is 61.1 Å². The van der Waals surface area contributed by atoms with Crippen molar-refractivity contribution in [2.24, 2.45) is 5.92 Å². The molecule has 1 saturated heterocycles. The normalized spacial score (nSPS) is 21.1. The number of para-hydroxylation sites is 1. The van der Waals surface area contributed by atoms with Gasteiger partial charge in [-0.3, -0.25) is 14.6 Å². The molecule has 2 heterocycles. The van der Waals surface area contributed by atoms with Gasteiger partial charge in [0, 0.05) is 56.9 Å². The SMILES string of the molecule is CCOC(=O)C1=C(CN2CCN(C(=O)C3CCC3)CC2)N(C)C(=O)N[C@H]1c1cccc(OC)c1OC. The first-order chi connectivity index (χ1) is 17.4. The Hall–Kier alpha value is -3.27. The van der Waals surface area contributed by atoms with E-state index in [1.165, 1.54) is 19.1 Å². The molecule has 2 aliphatic heterocycles. The average molecular weight is 501 g/mol. The van der Waals surface area contributed by atoms with Crippen LogP contribution < -0.4 is 14.8 Å². The molecule has 1 aliphatic carbocycles. The molecule has 10 nitrogen and oxygen atoms in total. The molecule has 1 atom stereocenters. The van der Waals surface area contributed by atoms with Gasteiger partial charge in [0.2, 0.25) is 5.91 Å². The summed E-state index contributed by atoms with van der Waals surface area (Å²) in [5.74, 6) is 0.889. The minimum Gasteiger partial charge on any atom is -0.493 e. The van der Waals surface area contributed by atoms with E-state index in [4.69, 9.17) is 14.2 Å². The van der Waals surface area contributed by atoms with Crippen LogP contribution in [0, 0.1) is 5.92 Å². The van der Waals surface area contributed by atoms with E-state index < -0.39 is 12.0 Å². The summed E-state index contributed by atoms with van der Waals surface area (Å²) in [6.07, 6.45) is 3.11. The fraction of sp³-hybridized carbons (Fsp3) is 0.577. The van der Waals surface area contributed by atoms with Crippen LogP contribution in [0.25, 0.3) is 0 Å². The van der Waals surface area contributed by atoms with Crippen molar-refractivity contribution in [3.8, 4) is 11.5 Å². The van der Waals surface area contributed by atoms with Crippen LogP contribution >= 0.6 is 0 Å². The van der Waals surface area contributed by atoms with Crippen LogP contribution in [0.4, 0.5) is 4.79 Å². The molecule has 0 unspecified atom stereocenters. The number of carbonyl (C=O) groups excluding carboxylic acids is 3. The summed E-state index contributed by atoms with van der Waals surface area (Å²) in [5, 5.41) is 2.93. The Labute approximate surface area is 212 Å². The van der Waals surface area contributed by atoms with Gasteiger partial charge in [0.1, 0.15) is 0 Å². The second-order valence-electron chi connectivity index (χ2n) is 9.33. The highest BCUT2D eigenvalue weighted by molar-refractivity contribution is 5.95. The van der Waals surface area contributed by atoms with E-state index in [-0.39, 0.29) is 24.5 Å². The van der Waals surface area contributed by atoms with E-state index in [9.17, 15) is 14.4 Å². The minimum atomic E-state index is -0.769. The third-order valence-corrected chi connectivity index (χ3v) is 7.33. The fourth-order valence-electron chi connectivity index (χ4n) is 5.02. The number of hydrogen-bond donors (Lipinski definition) is 1. The number of esters is 1. The smallest absolute Gasteiger partial charge is 0.338 e. The first kappa shape index (κ1) is 25.8. The minimum absolute atomic E-state index is 0.182. The number of rotatable bonds is 8. The predicted octanol–water partition coefficient (Wildman–Crippen LogP) is 2.16. The quantitative estimate of drug-likeness (QED) is 0.546. The number of nitrogens with one attached hydrogen (secondary N) is 1. The molecule has 4 rings (SSSR count). The zero-order chi connectivity index (χ0) is 25.8. The fourth-order valence-corrected chi connectivity index (χ4v) is 5.02. The number of carbonyl (C=O) groups is 3. The van der Waals surface area contributed by atoms with Gasteiger partial charge in [-0.25, -0.2) is 9.59 Å². The molecule has 1 N–H and O–H groups in total. The maximum atomic E-state index is 13.3. The maximum absolute atomic E-state index is 13.3. The number of urea groups is 1. The molecule has 0 radical (unpaired) electrons. The second kappa shape index (κ2) is 11.2. The topological polar surface area (TPSA) is 101 Å². The van der Waals surface area contributed by atoms with Crippen molar-refractivity contribution in [3.05, 3.63) is 35.0 Å². The third-order valence-electron chi connectivity index (χ3n) is 7.33. The Morgan fingerprint density at radius 2 is 1.81 bits per heavy atom. The van der Waals surface area contributed by atoms with Gasteiger partial charge in [0.05, 0.1) is 32.4 Å². The van der Waals surface area contributed by atoms with Crippen molar-refractivity contribution in [1.82, 2.24) is 20.0 Å². The summed E-state index contributed by atoms with van der Waals surface area (Å²) < 4.78 is 16.5. The Balaban J connectivity index is 1.64. The molecule has 1 aromatic rings. The van der Waals surface area contributed by atoms with Gasteiger partial charge in [-0.05, 0) is 25.8 Å². The molecule has 1 saturated carbocycles. The largest absolute Gasteiger partial charge is 0.493 e. The number of piperazine rings is 1. The van der Waals surface area contributed by atoms with Crippen molar-refractivity contribution in [2.75, 3.05) is 60.6 Å². The van der Waals surface area contributed by atoms with Crippen molar-refractivity contribution >= 4 is 17.9 Å². The molecule has 10 heteroatoms. The van der Waals surface area contributed by atoms with E-state index in [1.54, 1.807) is 32.2 Å². The van der Waals surface area contributed by atoms with Gasteiger partial charge in [-0.15, -0.1) is 0 Å². The summed E-state index contributed by atoms with van der Waals surface area (Å²) in [6, 6.07) is 4.26. The highest BCUT2D eigenvalue weighted by Gasteiger charge is 2.39. The Bertz CT molecular complexity index is 1030. The molecule has 1 aromatic carbocycles. The summed E-state index contributed by atoms with van der Waals surface area (Å²) in [4.78, 5) is 44.6. The van der Waals surface area contributed by atoms with E-state index in [0.717, 1.165) is 19.3 Å². The monoisotopic (exact) mass is 500 g/mol. The molecule has 0 aromatic heterocycles. The molecule has 2 fully saturated rings. The maximum Gasteiger partial charge on any atom is 0.338 e. The average Bonchev–Trinajstić information content (AvgIpc) is 2.85. The molecule has 36 heavy (non-hydrogen) atoms. The van der Waals surface area contributed by atoms with Crippen LogP contribution in [-0.4, -0.2) is 93.2 Å². The molecule has 3 amide bonds. The lowest BCUT2D eigenvalue weighted by Crippen LogP contribution is -2.54. The highest BCUT2D eigenvalue weighted by Crippen LogP contribution is 2.40. The highest BCUT2D eigenvalue weighted by atomic mass is 16.5. The molecule has 196 valence electrons. The number of benzene rings is 1. The van der Waals surface area contributed by atoms with Gasteiger partial charge >= 0.3 is 12.0 Å². The van der Waals surface area contributed by atoms with Crippen molar-refractivity contribution in [3.63, 3.8) is 0 Å². The summed E-state index contributed by atoms with van der Waals surface area (Å²) >= 11 is 0. The number of methoxy groups -OCH3 is 2. The zero-order valence-corrected chi connectivity index (χ0v) is 21.5. The van der Waals surface area contributed by atoms with Crippen LogP contribution in [-0.2, 0) is 14.3 Å². The van der Waals surface area contributed by atoms with Gasteiger partial charge in [-0.2, -0.15) is 0 Å². The Morgan fingerprint density at radius 3 is 2.39 bits per heavy atom. The number of amides is 3. The van der Waals surface area contributed by atoms with Crippen molar-refractivity contribution in [2.45, 2.75) is 32.2 Å².